The largest absolute Gasteiger partial charge is 0.310 e. The van der Waals surface area contributed by atoms with Gasteiger partial charge in [0.25, 0.3) is 0 Å². The molecule has 0 aromatic heterocycles. The van der Waals surface area contributed by atoms with Gasteiger partial charge in [-0.15, -0.1) is 0 Å². The molecule has 9 heteroatoms. The molecule has 2 atom stereocenters. The highest BCUT2D eigenvalue weighted by Crippen LogP contribution is 2.28. The first-order chi connectivity index (χ1) is 12.9. The summed E-state index contributed by atoms with van der Waals surface area (Å²) in [7, 11) is -7.38. The van der Waals surface area contributed by atoms with Crippen molar-refractivity contribution >= 4 is 19.7 Å². The second-order valence-corrected chi connectivity index (χ2v) is 12.9. The molecule has 28 heavy (non-hydrogen) atoms. The van der Waals surface area contributed by atoms with Crippen molar-refractivity contribution in [3.05, 3.63) is 29.6 Å². The number of nitrogens with zero attached hydrogens (tertiary/aromatic N) is 1. The normalized spacial score (nSPS) is 26.0. The fourth-order valence-electron chi connectivity index (χ4n) is 4.10. The predicted octanol–water partition coefficient (Wildman–Crippen LogP) is 1.54. The van der Waals surface area contributed by atoms with Crippen molar-refractivity contribution in [3.63, 3.8) is 0 Å². The molecule has 1 aromatic carbocycles. The van der Waals surface area contributed by atoms with Crippen LogP contribution in [0, 0.1) is 12.7 Å². The average molecular weight is 433 g/mol. The first kappa shape index (κ1) is 21.7. The molecular formula is C19H29FN2O4S2. The van der Waals surface area contributed by atoms with E-state index in [9.17, 15) is 21.2 Å². The first-order valence-electron chi connectivity index (χ1n) is 9.61. The van der Waals surface area contributed by atoms with Crippen LogP contribution in [0.2, 0.25) is 0 Å². The third-order valence-corrected chi connectivity index (χ3v) is 10.1. The summed E-state index contributed by atoms with van der Waals surface area (Å²) in [6.07, 6.45) is 2.28. The molecular weight excluding hydrogens is 403 g/mol. The van der Waals surface area contributed by atoms with Crippen LogP contribution in [0.1, 0.15) is 32.3 Å². The molecule has 1 N–H and O–H groups in total. The van der Waals surface area contributed by atoms with E-state index in [1.807, 2.05) is 0 Å². The lowest BCUT2D eigenvalue weighted by atomic mass is 10.0. The highest BCUT2D eigenvalue weighted by atomic mass is 32.2. The summed E-state index contributed by atoms with van der Waals surface area (Å²) < 4.78 is 64.3. The highest BCUT2D eigenvalue weighted by molar-refractivity contribution is 7.96. The summed E-state index contributed by atoms with van der Waals surface area (Å²) in [6, 6.07) is 2.93. The Hall–Kier alpha value is -1.03. The third-order valence-electron chi connectivity index (χ3n) is 5.92. The van der Waals surface area contributed by atoms with Gasteiger partial charge in [0.1, 0.15) is 5.82 Å². The van der Waals surface area contributed by atoms with Crippen LogP contribution in [0.3, 0.4) is 0 Å². The molecule has 6 nitrogen and oxygen atoms in total. The maximum absolute atomic E-state index is 13.6. The van der Waals surface area contributed by atoms with Crippen molar-refractivity contribution in [2.24, 2.45) is 0 Å². The van der Waals surface area contributed by atoms with E-state index in [1.54, 1.807) is 0 Å². The lowest BCUT2D eigenvalue weighted by Crippen LogP contribution is -2.54. The summed E-state index contributed by atoms with van der Waals surface area (Å²) >= 11 is 0. The van der Waals surface area contributed by atoms with E-state index in [0.717, 1.165) is 32.0 Å². The summed E-state index contributed by atoms with van der Waals surface area (Å²) in [5.74, 6) is -1.10. The van der Waals surface area contributed by atoms with Gasteiger partial charge in [-0.1, -0.05) is 0 Å². The Kier molecular flexibility index (Phi) is 5.93. The maximum Gasteiger partial charge on any atom is 0.183 e. The standard InChI is InChI=1S/C19H29FN2O4S2/c1-14-10-15(6-7-16(14)20)28(25,26)18-12-27(23,24)11-17(18)21-13-19(2,3)22-8-4-5-9-22/h6-7,10,17-18,21H,4-5,8-9,11-13H2,1-3H3/t17-,18-/m0/s1. The number of nitrogens with one attached hydrogen (secondary N) is 1. The van der Waals surface area contributed by atoms with Crippen molar-refractivity contribution in [2.75, 3.05) is 31.1 Å². The van der Waals surface area contributed by atoms with E-state index in [2.05, 4.69) is 24.1 Å². The number of aryl methyl sites for hydroxylation is 1. The molecule has 2 heterocycles. The molecule has 2 fully saturated rings. The first-order valence-corrected chi connectivity index (χ1v) is 13.0. The minimum absolute atomic E-state index is 0.0286. The van der Waals surface area contributed by atoms with Crippen LogP contribution in [0.15, 0.2) is 23.1 Å². The maximum atomic E-state index is 13.6. The number of benzene rings is 1. The minimum Gasteiger partial charge on any atom is -0.310 e. The highest BCUT2D eigenvalue weighted by Gasteiger charge is 2.46. The van der Waals surface area contributed by atoms with Crippen LogP contribution in [-0.2, 0) is 19.7 Å². The Morgan fingerprint density at radius 1 is 1.21 bits per heavy atom. The van der Waals surface area contributed by atoms with Crippen molar-refractivity contribution in [2.45, 2.75) is 55.3 Å². The van der Waals surface area contributed by atoms with E-state index >= 15 is 0 Å². The number of likely N-dealkylation sites (tertiary alicyclic amines) is 1. The molecule has 0 unspecified atom stereocenters. The zero-order chi connectivity index (χ0) is 20.7. The van der Waals surface area contributed by atoms with E-state index in [0.29, 0.717) is 6.54 Å². The van der Waals surface area contributed by atoms with Crippen LogP contribution >= 0.6 is 0 Å². The van der Waals surface area contributed by atoms with Gasteiger partial charge in [-0.25, -0.2) is 21.2 Å². The van der Waals surface area contributed by atoms with Gasteiger partial charge in [-0.05, 0) is 70.5 Å². The van der Waals surface area contributed by atoms with E-state index in [-0.39, 0.29) is 21.8 Å². The van der Waals surface area contributed by atoms with E-state index in [1.165, 1.54) is 19.1 Å². The fraction of sp³-hybridized carbons (Fsp3) is 0.684. The van der Waals surface area contributed by atoms with E-state index < -0.39 is 42.5 Å². The predicted molar refractivity (Wildman–Crippen MR) is 107 cm³/mol. The second kappa shape index (κ2) is 7.66. The SMILES string of the molecule is Cc1cc(S(=O)(=O)[C@H]2CS(=O)(=O)C[C@@H]2NCC(C)(C)N2CCCC2)ccc1F. The van der Waals surface area contributed by atoms with Gasteiger partial charge >= 0.3 is 0 Å². The van der Waals surface area contributed by atoms with Crippen molar-refractivity contribution in [3.8, 4) is 0 Å². The Bertz CT molecular complexity index is 939. The lowest BCUT2D eigenvalue weighted by molar-refractivity contribution is 0.148. The van der Waals surface area contributed by atoms with Crippen LogP contribution < -0.4 is 5.32 Å². The molecule has 158 valence electrons. The van der Waals surface area contributed by atoms with Gasteiger partial charge in [0, 0.05) is 18.1 Å². The number of sulfone groups is 2. The zero-order valence-corrected chi connectivity index (χ0v) is 18.2. The smallest absolute Gasteiger partial charge is 0.183 e. The topological polar surface area (TPSA) is 83.5 Å². The Morgan fingerprint density at radius 3 is 2.46 bits per heavy atom. The molecule has 2 aliphatic rings. The second-order valence-electron chi connectivity index (χ2n) is 8.57. The number of halogens is 1. The van der Waals surface area contributed by atoms with Crippen molar-refractivity contribution < 1.29 is 21.2 Å². The van der Waals surface area contributed by atoms with Crippen molar-refractivity contribution in [1.82, 2.24) is 10.2 Å². The minimum atomic E-state index is -3.91. The number of hydrogen-bond donors (Lipinski definition) is 1. The molecule has 0 bridgehead atoms. The van der Waals surface area contributed by atoms with Crippen LogP contribution in [0.4, 0.5) is 4.39 Å². The molecule has 2 aliphatic heterocycles. The lowest BCUT2D eigenvalue weighted by Gasteiger charge is -2.37. The quantitative estimate of drug-likeness (QED) is 0.687. The van der Waals surface area contributed by atoms with Crippen LogP contribution in [-0.4, -0.2) is 69.7 Å². The molecule has 2 saturated heterocycles. The molecule has 3 rings (SSSR count). The Labute approximate surface area is 167 Å². The molecule has 1 aromatic rings. The molecule has 0 amide bonds. The summed E-state index contributed by atoms with van der Waals surface area (Å²) in [4.78, 5) is 2.31. The van der Waals surface area contributed by atoms with Crippen LogP contribution in [0.5, 0.6) is 0 Å². The monoisotopic (exact) mass is 432 g/mol. The Morgan fingerprint density at radius 2 is 1.86 bits per heavy atom. The van der Waals surface area contributed by atoms with Gasteiger partial charge in [0.15, 0.2) is 19.7 Å². The fourth-order valence-corrected chi connectivity index (χ4v) is 8.90. The molecule has 0 spiro atoms. The summed E-state index contributed by atoms with van der Waals surface area (Å²) in [5, 5.41) is 2.16. The molecule has 0 aliphatic carbocycles. The number of rotatable bonds is 6. The van der Waals surface area contributed by atoms with Gasteiger partial charge in [0.2, 0.25) is 0 Å². The number of hydrogen-bond acceptors (Lipinski definition) is 6. The molecule has 0 radical (unpaired) electrons. The van der Waals surface area contributed by atoms with Gasteiger partial charge < -0.3 is 5.32 Å². The van der Waals surface area contributed by atoms with Crippen LogP contribution in [0.25, 0.3) is 0 Å². The van der Waals surface area contributed by atoms with Gasteiger partial charge in [-0.2, -0.15) is 0 Å². The van der Waals surface area contributed by atoms with E-state index in [4.69, 9.17) is 0 Å². The van der Waals surface area contributed by atoms with Crippen molar-refractivity contribution in [1.29, 1.82) is 0 Å². The summed E-state index contributed by atoms with van der Waals surface area (Å²) in [5.41, 5.74) is 0.0329. The summed E-state index contributed by atoms with van der Waals surface area (Å²) in [6.45, 7) is 8.15. The Balaban J connectivity index is 1.82. The van der Waals surface area contributed by atoms with Gasteiger partial charge in [0.05, 0.1) is 21.7 Å². The zero-order valence-electron chi connectivity index (χ0n) is 16.6. The molecule has 0 saturated carbocycles. The third kappa shape index (κ3) is 4.42. The van der Waals surface area contributed by atoms with Gasteiger partial charge in [-0.3, -0.25) is 4.90 Å². The average Bonchev–Trinajstić information content (AvgIpc) is 3.23.